The van der Waals surface area contributed by atoms with Gasteiger partial charge in [-0.2, -0.15) is 0 Å². The van der Waals surface area contributed by atoms with Gasteiger partial charge >= 0.3 is 6.03 Å². The van der Waals surface area contributed by atoms with Gasteiger partial charge in [0.2, 0.25) is 0 Å². The van der Waals surface area contributed by atoms with Crippen molar-refractivity contribution in [3.05, 3.63) is 58.8 Å². The quantitative estimate of drug-likeness (QED) is 0.788. The molecule has 0 saturated heterocycles. The molecular formula is C15H16BrN3O2. The highest BCUT2D eigenvalue weighted by Gasteiger charge is 2.02. The molecule has 0 aliphatic heterocycles. The summed E-state index contributed by atoms with van der Waals surface area (Å²) in [6.07, 6.45) is 1.69. The fourth-order valence-corrected chi connectivity index (χ4v) is 2.02. The normalized spacial score (nSPS) is 9.95. The minimum Gasteiger partial charge on any atom is -0.491 e. The van der Waals surface area contributed by atoms with Crippen molar-refractivity contribution < 1.29 is 9.53 Å². The van der Waals surface area contributed by atoms with Crippen LogP contribution in [0.5, 0.6) is 5.75 Å². The fraction of sp³-hybridized carbons (Fsp3) is 0.200. The Morgan fingerprint density at radius 2 is 1.95 bits per heavy atom. The second kappa shape index (κ2) is 8.26. The van der Waals surface area contributed by atoms with Gasteiger partial charge in [-0.15, -0.1) is 0 Å². The summed E-state index contributed by atoms with van der Waals surface area (Å²) in [5, 5.41) is 5.46. The van der Waals surface area contributed by atoms with E-state index < -0.39 is 0 Å². The van der Waals surface area contributed by atoms with Gasteiger partial charge in [-0.1, -0.05) is 18.2 Å². The molecule has 0 saturated carbocycles. The van der Waals surface area contributed by atoms with Crippen molar-refractivity contribution in [2.45, 2.75) is 6.54 Å². The molecule has 1 heterocycles. The molecule has 2 aromatic rings. The highest BCUT2D eigenvalue weighted by atomic mass is 79.9. The van der Waals surface area contributed by atoms with Gasteiger partial charge in [0, 0.05) is 6.20 Å². The zero-order valence-electron chi connectivity index (χ0n) is 11.4. The second-order valence-electron chi connectivity index (χ2n) is 4.21. The van der Waals surface area contributed by atoms with E-state index in [1.165, 1.54) is 0 Å². The molecule has 2 rings (SSSR count). The van der Waals surface area contributed by atoms with E-state index in [2.05, 4.69) is 31.5 Å². The average molecular weight is 350 g/mol. The summed E-state index contributed by atoms with van der Waals surface area (Å²) in [5.74, 6) is 0.758. The topological polar surface area (TPSA) is 63.2 Å². The number of rotatable bonds is 6. The minimum absolute atomic E-state index is 0.239. The van der Waals surface area contributed by atoms with Crippen LogP contribution in [-0.4, -0.2) is 24.2 Å². The van der Waals surface area contributed by atoms with Crippen molar-refractivity contribution in [3.63, 3.8) is 0 Å². The van der Waals surface area contributed by atoms with Gasteiger partial charge in [0.15, 0.2) is 0 Å². The first-order chi connectivity index (χ1) is 10.3. The van der Waals surface area contributed by atoms with Crippen LogP contribution in [-0.2, 0) is 6.54 Å². The number of carbonyl (C=O) groups excluding carboxylic acids is 1. The van der Waals surface area contributed by atoms with E-state index in [-0.39, 0.29) is 6.03 Å². The highest BCUT2D eigenvalue weighted by Crippen LogP contribution is 2.23. The van der Waals surface area contributed by atoms with Crippen LogP contribution >= 0.6 is 15.9 Å². The smallest absolute Gasteiger partial charge is 0.315 e. The van der Waals surface area contributed by atoms with Crippen LogP contribution in [0, 0.1) is 0 Å². The van der Waals surface area contributed by atoms with Crippen molar-refractivity contribution >= 4 is 22.0 Å². The number of aromatic nitrogens is 1. The molecule has 0 fully saturated rings. The van der Waals surface area contributed by atoms with E-state index >= 15 is 0 Å². The predicted octanol–water partition coefficient (Wildman–Crippen LogP) is 2.72. The van der Waals surface area contributed by atoms with Crippen molar-refractivity contribution in [1.29, 1.82) is 0 Å². The number of hydrogen-bond acceptors (Lipinski definition) is 3. The number of nitrogens with one attached hydrogen (secondary N) is 2. The van der Waals surface area contributed by atoms with Gasteiger partial charge in [-0.25, -0.2) is 4.79 Å². The third-order valence-electron chi connectivity index (χ3n) is 2.64. The van der Waals surface area contributed by atoms with E-state index in [1.54, 1.807) is 6.20 Å². The first-order valence-corrected chi connectivity index (χ1v) is 7.34. The molecule has 1 aromatic heterocycles. The summed E-state index contributed by atoms with van der Waals surface area (Å²) in [6, 6.07) is 12.9. The number of para-hydroxylation sites is 1. The average Bonchev–Trinajstić information content (AvgIpc) is 2.52. The van der Waals surface area contributed by atoms with Gasteiger partial charge < -0.3 is 15.4 Å². The summed E-state index contributed by atoms with van der Waals surface area (Å²) in [6.45, 7) is 1.23. The SMILES string of the molecule is O=C(NCCOc1ccccc1Br)NCc1ccccn1. The first kappa shape index (κ1) is 15.3. The number of hydrogen-bond donors (Lipinski definition) is 2. The van der Waals surface area contributed by atoms with Crippen molar-refractivity contribution in [1.82, 2.24) is 15.6 Å². The maximum absolute atomic E-state index is 11.6. The summed E-state index contributed by atoms with van der Waals surface area (Å²) in [5.41, 5.74) is 0.817. The summed E-state index contributed by atoms with van der Waals surface area (Å²) in [7, 11) is 0. The number of benzene rings is 1. The number of pyridine rings is 1. The lowest BCUT2D eigenvalue weighted by molar-refractivity contribution is 0.236. The molecule has 0 bridgehead atoms. The van der Waals surface area contributed by atoms with Crippen LogP contribution in [0.2, 0.25) is 0 Å². The minimum atomic E-state index is -0.239. The summed E-state index contributed by atoms with van der Waals surface area (Å²) in [4.78, 5) is 15.7. The van der Waals surface area contributed by atoms with Gasteiger partial charge in [0.25, 0.3) is 0 Å². The number of urea groups is 1. The third-order valence-corrected chi connectivity index (χ3v) is 3.29. The Morgan fingerprint density at radius 1 is 1.14 bits per heavy atom. The van der Waals surface area contributed by atoms with Crippen molar-refractivity contribution in [3.8, 4) is 5.75 Å². The number of carbonyl (C=O) groups is 1. The first-order valence-electron chi connectivity index (χ1n) is 6.54. The van der Waals surface area contributed by atoms with Gasteiger partial charge in [-0.3, -0.25) is 4.98 Å². The Bertz CT molecular complexity index is 578. The molecule has 0 unspecified atom stereocenters. The standard InChI is InChI=1S/C15H16BrN3O2/c16-13-6-1-2-7-14(13)21-10-9-18-15(20)19-11-12-5-3-4-8-17-12/h1-8H,9-11H2,(H2,18,19,20). The van der Waals surface area contributed by atoms with Gasteiger partial charge in [0.1, 0.15) is 12.4 Å². The van der Waals surface area contributed by atoms with E-state index in [0.29, 0.717) is 19.7 Å². The number of ether oxygens (including phenoxy) is 1. The molecule has 110 valence electrons. The van der Waals surface area contributed by atoms with Crippen molar-refractivity contribution in [2.24, 2.45) is 0 Å². The van der Waals surface area contributed by atoms with Gasteiger partial charge in [0.05, 0.1) is 23.3 Å². The Balaban J connectivity index is 1.62. The lowest BCUT2D eigenvalue weighted by Crippen LogP contribution is -2.37. The molecular weight excluding hydrogens is 334 g/mol. The largest absolute Gasteiger partial charge is 0.491 e. The Kier molecular flexibility index (Phi) is 6.02. The summed E-state index contributed by atoms with van der Waals surface area (Å²) >= 11 is 3.40. The Morgan fingerprint density at radius 3 is 2.71 bits per heavy atom. The maximum atomic E-state index is 11.6. The Labute approximate surface area is 131 Å². The van der Waals surface area contributed by atoms with Crippen LogP contribution in [0.3, 0.4) is 0 Å². The van der Waals surface area contributed by atoms with Crippen LogP contribution in [0.25, 0.3) is 0 Å². The molecule has 0 aliphatic rings. The number of halogens is 1. The molecule has 2 amide bonds. The monoisotopic (exact) mass is 349 g/mol. The van der Waals surface area contributed by atoms with Crippen LogP contribution in [0.15, 0.2) is 53.1 Å². The second-order valence-corrected chi connectivity index (χ2v) is 5.06. The zero-order valence-corrected chi connectivity index (χ0v) is 13.0. The molecule has 0 aliphatic carbocycles. The highest BCUT2D eigenvalue weighted by molar-refractivity contribution is 9.10. The molecule has 0 spiro atoms. The van der Waals surface area contributed by atoms with E-state index in [1.807, 2.05) is 42.5 Å². The predicted molar refractivity (Wildman–Crippen MR) is 84.1 cm³/mol. The molecule has 1 aromatic carbocycles. The van der Waals surface area contributed by atoms with Gasteiger partial charge in [-0.05, 0) is 40.2 Å². The van der Waals surface area contributed by atoms with Crippen LogP contribution < -0.4 is 15.4 Å². The number of nitrogens with zero attached hydrogens (tertiary/aromatic N) is 1. The van der Waals surface area contributed by atoms with E-state index in [9.17, 15) is 4.79 Å². The zero-order chi connectivity index (χ0) is 14.9. The molecule has 21 heavy (non-hydrogen) atoms. The van der Waals surface area contributed by atoms with Crippen LogP contribution in [0.4, 0.5) is 4.79 Å². The molecule has 6 heteroatoms. The molecule has 0 radical (unpaired) electrons. The Hall–Kier alpha value is -2.08. The lowest BCUT2D eigenvalue weighted by Gasteiger charge is -2.09. The summed E-state index contributed by atoms with van der Waals surface area (Å²) < 4.78 is 6.44. The third kappa shape index (κ3) is 5.43. The fourth-order valence-electron chi connectivity index (χ4n) is 1.62. The number of amides is 2. The van der Waals surface area contributed by atoms with Crippen molar-refractivity contribution in [2.75, 3.05) is 13.2 Å². The van der Waals surface area contributed by atoms with Crippen LogP contribution in [0.1, 0.15) is 5.69 Å². The molecule has 5 nitrogen and oxygen atoms in total. The van der Waals surface area contributed by atoms with E-state index in [4.69, 9.17) is 4.74 Å². The van der Waals surface area contributed by atoms with E-state index in [0.717, 1.165) is 15.9 Å². The lowest BCUT2D eigenvalue weighted by atomic mass is 10.3. The molecule has 2 N–H and O–H groups in total. The maximum Gasteiger partial charge on any atom is 0.315 e. The molecule has 0 atom stereocenters.